The molecule has 0 amide bonds. The number of thioether (sulfide) groups is 1. The van der Waals surface area contributed by atoms with Crippen LogP contribution in [0.25, 0.3) is 0 Å². The van der Waals surface area contributed by atoms with Crippen molar-refractivity contribution in [2.75, 3.05) is 18.1 Å². The second-order valence-corrected chi connectivity index (χ2v) is 10.7. The van der Waals surface area contributed by atoms with Gasteiger partial charge in [-0.15, -0.1) is 11.8 Å². The van der Waals surface area contributed by atoms with E-state index in [9.17, 15) is 4.57 Å². The van der Waals surface area contributed by atoms with Gasteiger partial charge in [-0.3, -0.25) is 0 Å². The average Bonchev–Trinajstić information content (AvgIpc) is 2.64. The molecular formula is C20H24ClOPS. The van der Waals surface area contributed by atoms with E-state index in [-0.39, 0.29) is 0 Å². The van der Waals surface area contributed by atoms with E-state index in [1.807, 2.05) is 41.8 Å². The molecule has 1 nitrogen and oxygen atoms in total. The van der Waals surface area contributed by atoms with E-state index >= 15 is 0 Å². The summed E-state index contributed by atoms with van der Waals surface area (Å²) >= 11 is 8.10. The fraction of sp³-hybridized carbons (Fsp3) is 0.300. The zero-order valence-electron chi connectivity index (χ0n) is 14.0. The first kappa shape index (κ1) is 19.4. The summed E-state index contributed by atoms with van der Waals surface area (Å²) in [5.74, 6) is 0.938. The Morgan fingerprint density at radius 1 is 0.958 bits per heavy atom. The van der Waals surface area contributed by atoms with Gasteiger partial charge >= 0.3 is 0 Å². The van der Waals surface area contributed by atoms with Crippen molar-refractivity contribution in [2.24, 2.45) is 0 Å². The third kappa shape index (κ3) is 6.16. The summed E-state index contributed by atoms with van der Waals surface area (Å²) in [5.41, 5.74) is 2.43. The minimum atomic E-state index is -2.57. The standard InChI is InChI=1S/C20H24ClOPS/c1-2-24-17-20(21)23(22,15-13-18-9-5-3-6-10-18)16-14-19-11-7-4-8-12-19/h3-12,17H,2,13-16H2,1H3. The first-order valence-electron chi connectivity index (χ1n) is 8.28. The molecule has 0 saturated heterocycles. The molecule has 0 radical (unpaired) electrons. The maximum absolute atomic E-state index is 13.6. The molecule has 0 fully saturated rings. The summed E-state index contributed by atoms with van der Waals surface area (Å²) in [6.07, 6.45) is 2.86. The third-order valence-electron chi connectivity index (χ3n) is 3.95. The van der Waals surface area contributed by atoms with E-state index in [1.165, 1.54) is 11.1 Å². The molecule has 0 bridgehead atoms. The predicted molar refractivity (Wildman–Crippen MR) is 110 cm³/mol. The van der Waals surface area contributed by atoms with Crippen LogP contribution in [0.4, 0.5) is 0 Å². The topological polar surface area (TPSA) is 17.1 Å². The molecule has 0 heterocycles. The molecule has 2 rings (SSSR count). The minimum absolute atomic E-state index is 0.557. The van der Waals surface area contributed by atoms with E-state index in [0.717, 1.165) is 18.6 Å². The van der Waals surface area contributed by atoms with Gasteiger partial charge in [0.05, 0.1) is 4.77 Å². The summed E-state index contributed by atoms with van der Waals surface area (Å²) in [5, 5.41) is 1.89. The van der Waals surface area contributed by atoms with Crippen LogP contribution in [0.2, 0.25) is 0 Å². The molecule has 2 aromatic rings. The molecule has 128 valence electrons. The maximum Gasteiger partial charge on any atom is 0.127 e. The van der Waals surface area contributed by atoms with Crippen molar-refractivity contribution in [3.8, 4) is 0 Å². The van der Waals surface area contributed by atoms with Gasteiger partial charge in [-0.1, -0.05) is 79.2 Å². The Hall–Kier alpha value is -0.950. The lowest BCUT2D eigenvalue weighted by atomic mass is 10.2. The summed E-state index contributed by atoms with van der Waals surface area (Å²) in [4.78, 5) is 0. The van der Waals surface area contributed by atoms with Crippen molar-refractivity contribution < 1.29 is 4.57 Å². The molecule has 4 heteroatoms. The van der Waals surface area contributed by atoms with Gasteiger partial charge in [0.15, 0.2) is 0 Å². The van der Waals surface area contributed by atoms with E-state index in [0.29, 0.717) is 17.1 Å². The number of aryl methyl sites for hydroxylation is 2. The maximum atomic E-state index is 13.6. The van der Waals surface area contributed by atoms with Gasteiger partial charge < -0.3 is 4.57 Å². The van der Waals surface area contributed by atoms with Crippen molar-refractivity contribution in [1.29, 1.82) is 0 Å². The van der Waals surface area contributed by atoms with Crippen LogP contribution in [0.15, 0.2) is 70.8 Å². The molecule has 0 aliphatic carbocycles. The predicted octanol–water partition coefficient (Wildman–Crippen LogP) is 6.63. The van der Waals surface area contributed by atoms with Crippen LogP contribution < -0.4 is 0 Å². The Labute approximate surface area is 154 Å². The minimum Gasteiger partial charge on any atom is -0.318 e. The highest BCUT2D eigenvalue weighted by Gasteiger charge is 2.25. The summed E-state index contributed by atoms with van der Waals surface area (Å²) in [6.45, 7) is 2.07. The second-order valence-electron chi connectivity index (χ2n) is 5.70. The number of halogens is 1. The average molecular weight is 379 g/mol. The lowest BCUT2D eigenvalue weighted by Crippen LogP contribution is -2.02. The zero-order valence-corrected chi connectivity index (χ0v) is 16.5. The van der Waals surface area contributed by atoms with Crippen LogP contribution in [-0.2, 0) is 17.4 Å². The summed E-state index contributed by atoms with van der Waals surface area (Å²) in [6, 6.07) is 20.4. The molecule has 0 spiro atoms. The largest absolute Gasteiger partial charge is 0.318 e. The zero-order chi connectivity index (χ0) is 17.3. The number of hydrogen-bond donors (Lipinski definition) is 0. The quantitative estimate of drug-likeness (QED) is 0.456. The van der Waals surface area contributed by atoms with Crippen molar-refractivity contribution in [2.45, 2.75) is 19.8 Å². The van der Waals surface area contributed by atoms with Crippen LogP contribution in [0.3, 0.4) is 0 Å². The van der Waals surface area contributed by atoms with Gasteiger partial charge in [0.2, 0.25) is 0 Å². The van der Waals surface area contributed by atoms with E-state index in [1.54, 1.807) is 11.8 Å². The van der Waals surface area contributed by atoms with Gasteiger partial charge in [0, 0.05) is 12.3 Å². The van der Waals surface area contributed by atoms with Crippen LogP contribution in [0.1, 0.15) is 18.1 Å². The van der Waals surface area contributed by atoms with Crippen LogP contribution >= 0.6 is 30.5 Å². The lowest BCUT2D eigenvalue weighted by molar-refractivity contribution is 0.579. The van der Waals surface area contributed by atoms with E-state index in [2.05, 4.69) is 31.2 Å². The molecule has 0 aromatic heterocycles. The SMILES string of the molecule is CCSC=C(Cl)P(=O)(CCc1ccccc1)CCc1ccccc1. The molecule has 24 heavy (non-hydrogen) atoms. The van der Waals surface area contributed by atoms with Crippen molar-refractivity contribution in [3.63, 3.8) is 0 Å². The van der Waals surface area contributed by atoms with Gasteiger partial charge in [-0.2, -0.15) is 0 Å². The van der Waals surface area contributed by atoms with Crippen molar-refractivity contribution >= 4 is 30.5 Å². The lowest BCUT2D eigenvalue weighted by Gasteiger charge is -2.18. The van der Waals surface area contributed by atoms with Crippen LogP contribution in [0.5, 0.6) is 0 Å². The molecule has 0 aliphatic rings. The smallest absolute Gasteiger partial charge is 0.127 e. The first-order chi connectivity index (χ1) is 11.6. The van der Waals surface area contributed by atoms with Crippen molar-refractivity contribution in [1.82, 2.24) is 0 Å². The number of benzene rings is 2. The fourth-order valence-electron chi connectivity index (χ4n) is 2.48. The summed E-state index contributed by atoms with van der Waals surface area (Å²) in [7, 11) is -2.57. The van der Waals surface area contributed by atoms with Gasteiger partial charge in [0.1, 0.15) is 7.14 Å². The van der Waals surface area contributed by atoms with E-state index < -0.39 is 7.14 Å². The monoisotopic (exact) mass is 378 g/mol. The Kier molecular flexibility index (Phi) is 8.18. The Morgan fingerprint density at radius 2 is 1.42 bits per heavy atom. The summed E-state index contributed by atoms with van der Waals surface area (Å²) < 4.78 is 14.1. The molecule has 0 aliphatic heterocycles. The van der Waals surface area contributed by atoms with E-state index in [4.69, 9.17) is 11.6 Å². The second kappa shape index (κ2) is 10.1. The van der Waals surface area contributed by atoms with Gasteiger partial charge in [-0.25, -0.2) is 0 Å². The molecule has 0 N–H and O–H groups in total. The van der Waals surface area contributed by atoms with Gasteiger partial charge in [0.25, 0.3) is 0 Å². The third-order valence-corrected chi connectivity index (χ3v) is 8.82. The normalized spacial score (nSPS) is 12.3. The fourth-order valence-corrected chi connectivity index (χ4v) is 6.36. The number of rotatable bonds is 9. The molecule has 2 aromatic carbocycles. The molecular weight excluding hydrogens is 355 g/mol. The van der Waals surface area contributed by atoms with Crippen LogP contribution in [0, 0.1) is 0 Å². The molecule has 0 atom stereocenters. The molecule has 0 unspecified atom stereocenters. The Balaban J connectivity index is 2.09. The first-order valence-corrected chi connectivity index (χ1v) is 11.8. The van der Waals surface area contributed by atoms with Crippen molar-refractivity contribution in [3.05, 3.63) is 82.0 Å². The highest BCUT2D eigenvalue weighted by Crippen LogP contribution is 2.57. The van der Waals surface area contributed by atoms with Gasteiger partial charge in [-0.05, 0) is 35.1 Å². The Morgan fingerprint density at radius 3 is 1.83 bits per heavy atom. The number of hydrogen-bond acceptors (Lipinski definition) is 2. The highest BCUT2D eigenvalue weighted by molar-refractivity contribution is 8.02. The molecule has 0 saturated carbocycles. The van der Waals surface area contributed by atoms with Crippen LogP contribution in [-0.4, -0.2) is 18.1 Å². The highest BCUT2D eigenvalue weighted by atomic mass is 35.5. The Bertz CT molecular complexity index is 638.